The predicted molar refractivity (Wildman–Crippen MR) is 75.1 cm³/mol. The Labute approximate surface area is 110 Å². The Balaban J connectivity index is 2.62. The van der Waals surface area contributed by atoms with Gasteiger partial charge >= 0.3 is 0 Å². The summed E-state index contributed by atoms with van der Waals surface area (Å²) in [5.41, 5.74) is 0.0603. The van der Waals surface area contributed by atoms with Gasteiger partial charge in [0.15, 0.2) is 0 Å². The molecule has 0 aromatic carbocycles. The summed E-state index contributed by atoms with van der Waals surface area (Å²) >= 11 is 0. The second-order valence-corrected chi connectivity index (χ2v) is 5.20. The molecule has 0 aliphatic heterocycles. The maximum atomic E-state index is 5.19. The van der Waals surface area contributed by atoms with Crippen molar-refractivity contribution in [3.05, 3.63) is 12.3 Å². The van der Waals surface area contributed by atoms with Gasteiger partial charge in [-0.05, 0) is 13.0 Å². The minimum Gasteiger partial charge on any atom is -0.384 e. The summed E-state index contributed by atoms with van der Waals surface area (Å²) in [6.07, 6.45) is 1.78. The molecule has 0 saturated carbocycles. The van der Waals surface area contributed by atoms with Crippen molar-refractivity contribution in [1.29, 1.82) is 0 Å². The Bertz CT molecular complexity index is 368. The first-order valence-corrected chi connectivity index (χ1v) is 6.25. The fourth-order valence-corrected chi connectivity index (χ4v) is 1.57. The van der Waals surface area contributed by atoms with Crippen molar-refractivity contribution in [3.63, 3.8) is 0 Å². The van der Waals surface area contributed by atoms with E-state index in [1.165, 1.54) is 0 Å². The molecule has 0 saturated heterocycles. The summed E-state index contributed by atoms with van der Waals surface area (Å²) in [5, 5.41) is 3.26. The van der Waals surface area contributed by atoms with Gasteiger partial charge in [-0.2, -0.15) is 4.98 Å². The topological polar surface area (TPSA) is 50.3 Å². The van der Waals surface area contributed by atoms with Gasteiger partial charge in [0, 0.05) is 38.9 Å². The van der Waals surface area contributed by atoms with Gasteiger partial charge in [-0.1, -0.05) is 13.8 Å². The molecule has 18 heavy (non-hydrogen) atoms. The summed E-state index contributed by atoms with van der Waals surface area (Å²) < 4.78 is 5.19. The van der Waals surface area contributed by atoms with E-state index in [0.29, 0.717) is 12.6 Å². The molecule has 5 heteroatoms. The van der Waals surface area contributed by atoms with Crippen molar-refractivity contribution in [2.24, 2.45) is 5.41 Å². The predicted octanol–water partition coefficient (Wildman–Crippen LogP) is 2.02. The maximum Gasteiger partial charge on any atom is 0.224 e. The quantitative estimate of drug-likeness (QED) is 0.804. The second-order valence-electron chi connectivity index (χ2n) is 5.20. The lowest BCUT2D eigenvalue weighted by Gasteiger charge is -2.24. The molecule has 1 heterocycles. The average Bonchev–Trinajstić information content (AvgIpc) is 2.36. The molecule has 0 unspecified atom stereocenters. The number of hydrogen-bond acceptors (Lipinski definition) is 5. The highest BCUT2D eigenvalue weighted by atomic mass is 16.5. The lowest BCUT2D eigenvalue weighted by atomic mass is 9.95. The van der Waals surface area contributed by atoms with Crippen LogP contribution in [0.15, 0.2) is 12.3 Å². The Morgan fingerprint density at radius 2 is 2.17 bits per heavy atom. The summed E-state index contributed by atoms with van der Waals surface area (Å²) in [6, 6.07) is 1.91. The molecule has 0 spiro atoms. The molecule has 0 fully saturated rings. The van der Waals surface area contributed by atoms with Gasteiger partial charge in [-0.3, -0.25) is 0 Å². The number of methoxy groups -OCH3 is 1. The van der Waals surface area contributed by atoms with Crippen LogP contribution in [0.3, 0.4) is 0 Å². The first kappa shape index (κ1) is 14.7. The smallest absolute Gasteiger partial charge is 0.224 e. The van der Waals surface area contributed by atoms with Crippen LogP contribution >= 0.6 is 0 Å². The van der Waals surface area contributed by atoms with Crippen molar-refractivity contribution >= 4 is 11.8 Å². The van der Waals surface area contributed by atoms with Crippen LogP contribution in [-0.2, 0) is 4.74 Å². The fraction of sp³-hybridized carbons (Fsp3) is 0.692. The highest BCUT2D eigenvalue weighted by molar-refractivity contribution is 5.41. The van der Waals surface area contributed by atoms with Gasteiger partial charge in [0.1, 0.15) is 5.82 Å². The molecular weight excluding hydrogens is 228 g/mol. The van der Waals surface area contributed by atoms with Crippen LogP contribution in [0, 0.1) is 5.41 Å². The highest BCUT2D eigenvalue weighted by Gasteiger charge is 2.17. The molecule has 0 radical (unpaired) electrons. The van der Waals surface area contributed by atoms with E-state index < -0.39 is 0 Å². The molecule has 0 aliphatic rings. The monoisotopic (exact) mass is 252 g/mol. The van der Waals surface area contributed by atoms with E-state index in [1.807, 2.05) is 13.1 Å². The van der Waals surface area contributed by atoms with Crippen LogP contribution in [0.4, 0.5) is 11.8 Å². The summed E-state index contributed by atoms with van der Waals surface area (Å²) in [6.45, 7) is 8.79. The first-order chi connectivity index (χ1) is 8.48. The minimum atomic E-state index is 0.0603. The minimum absolute atomic E-state index is 0.0603. The lowest BCUT2D eigenvalue weighted by Crippen LogP contribution is -2.28. The van der Waals surface area contributed by atoms with E-state index in [-0.39, 0.29) is 5.41 Å². The number of aromatic nitrogens is 2. The third kappa shape index (κ3) is 4.49. The van der Waals surface area contributed by atoms with E-state index in [2.05, 4.69) is 41.0 Å². The second kappa shape index (κ2) is 6.54. The molecule has 1 aromatic heterocycles. The van der Waals surface area contributed by atoms with Gasteiger partial charge < -0.3 is 15.0 Å². The molecular formula is C13H24N4O. The van der Waals surface area contributed by atoms with Crippen LogP contribution in [-0.4, -0.2) is 43.8 Å². The van der Waals surface area contributed by atoms with E-state index >= 15 is 0 Å². The van der Waals surface area contributed by atoms with Gasteiger partial charge in [0.25, 0.3) is 0 Å². The van der Waals surface area contributed by atoms with Crippen molar-refractivity contribution in [1.82, 2.24) is 9.97 Å². The summed E-state index contributed by atoms with van der Waals surface area (Å²) in [5.74, 6) is 1.59. The molecule has 0 aliphatic carbocycles. The van der Waals surface area contributed by atoms with Crippen LogP contribution in [0.25, 0.3) is 0 Å². The molecule has 5 nitrogen and oxygen atoms in total. The molecule has 1 N–H and O–H groups in total. The normalized spacial score (nSPS) is 11.4. The zero-order valence-electron chi connectivity index (χ0n) is 12.0. The van der Waals surface area contributed by atoms with Crippen LogP contribution in [0.2, 0.25) is 0 Å². The molecule has 1 aromatic rings. The Kier molecular flexibility index (Phi) is 5.34. The molecule has 102 valence electrons. The number of anilines is 2. The summed E-state index contributed by atoms with van der Waals surface area (Å²) in [4.78, 5) is 10.8. The maximum absolute atomic E-state index is 5.19. The van der Waals surface area contributed by atoms with Crippen LogP contribution in [0.1, 0.15) is 20.8 Å². The molecule has 0 amide bonds. The third-order valence-corrected chi connectivity index (χ3v) is 2.77. The number of rotatable bonds is 7. The highest BCUT2D eigenvalue weighted by Crippen LogP contribution is 2.16. The van der Waals surface area contributed by atoms with Gasteiger partial charge in [0.2, 0.25) is 5.95 Å². The molecule has 0 atom stereocenters. The van der Waals surface area contributed by atoms with Crippen molar-refractivity contribution in [2.75, 3.05) is 44.1 Å². The van der Waals surface area contributed by atoms with E-state index in [0.717, 1.165) is 18.9 Å². The Morgan fingerprint density at radius 3 is 2.78 bits per heavy atom. The van der Waals surface area contributed by atoms with Crippen molar-refractivity contribution < 1.29 is 4.74 Å². The SMILES string of the molecule is CCN(C)c1ccnc(NCC(C)(C)COC)n1. The van der Waals surface area contributed by atoms with E-state index in [9.17, 15) is 0 Å². The Hall–Kier alpha value is -1.36. The lowest BCUT2D eigenvalue weighted by molar-refractivity contribution is 0.112. The van der Waals surface area contributed by atoms with Gasteiger partial charge in [0.05, 0.1) is 6.61 Å². The van der Waals surface area contributed by atoms with Gasteiger partial charge in [-0.15, -0.1) is 0 Å². The number of nitrogens with zero attached hydrogens (tertiary/aromatic N) is 3. The number of ether oxygens (including phenoxy) is 1. The molecule has 0 bridgehead atoms. The van der Waals surface area contributed by atoms with E-state index in [4.69, 9.17) is 4.74 Å². The number of nitrogens with one attached hydrogen (secondary N) is 1. The van der Waals surface area contributed by atoms with Crippen molar-refractivity contribution in [3.8, 4) is 0 Å². The molecule has 1 rings (SSSR count). The third-order valence-electron chi connectivity index (χ3n) is 2.77. The fourth-order valence-electron chi connectivity index (χ4n) is 1.57. The summed E-state index contributed by atoms with van der Waals surface area (Å²) in [7, 11) is 3.73. The van der Waals surface area contributed by atoms with Crippen molar-refractivity contribution in [2.45, 2.75) is 20.8 Å². The first-order valence-electron chi connectivity index (χ1n) is 6.25. The number of hydrogen-bond donors (Lipinski definition) is 1. The average molecular weight is 252 g/mol. The Morgan fingerprint density at radius 1 is 1.44 bits per heavy atom. The zero-order valence-corrected chi connectivity index (χ0v) is 12.0. The van der Waals surface area contributed by atoms with Gasteiger partial charge in [-0.25, -0.2) is 4.98 Å². The van der Waals surface area contributed by atoms with Crippen LogP contribution < -0.4 is 10.2 Å². The zero-order chi connectivity index (χ0) is 13.6. The largest absolute Gasteiger partial charge is 0.384 e. The standard InChI is InChI=1S/C13H24N4O/c1-6-17(4)11-7-8-14-12(16-11)15-9-13(2,3)10-18-5/h7-8H,6,9-10H2,1-5H3,(H,14,15,16). The van der Waals surface area contributed by atoms with Crippen LogP contribution in [0.5, 0.6) is 0 Å². The van der Waals surface area contributed by atoms with E-state index in [1.54, 1.807) is 13.3 Å².